The molecule has 4 nitrogen and oxygen atoms in total. The monoisotopic (exact) mass is 164 g/mol. The van der Waals surface area contributed by atoms with Gasteiger partial charge in [0.05, 0.1) is 4.92 Å². The van der Waals surface area contributed by atoms with Crippen LogP contribution in [0.1, 0.15) is 12.5 Å². The Kier molecular flexibility index (Phi) is 2.19. The number of pyridine rings is 1. The van der Waals surface area contributed by atoms with E-state index in [-0.39, 0.29) is 5.69 Å². The zero-order valence-corrected chi connectivity index (χ0v) is 6.65. The Morgan fingerprint density at radius 3 is 2.83 bits per heavy atom. The highest BCUT2D eigenvalue weighted by atomic mass is 16.6. The molecule has 0 atom stereocenters. The molecule has 0 amide bonds. The fourth-order valence-corrected chi connectivity index (χ4v) is 0.761. The summed E-state index contributed by atoms with van der Waals surface area (Å²) in [7, 11) is 0. The molecule has 1 rings (SSSR count). The van der Waals surface area contributed by atoms with Gasteiger partial charge in [0.2, 0.25) is 0 Å². The Bertz CT molecular complexity index is 304. The average molecular weight is 164 g/mol. The molecule has 4 heteroatoms. The third kappa shape index (κ3) is 1.66. The first kappa shape index (κ1) is 8.39. The number of hydrogen-bond donors (Lipinski definition) is 0. The molecule has 0 aromatic carbocycles. The van der Waals surface area contributed by atoms with Gasteiger partial charge in [-0.2, -0.15) is 0 Å². The summed E-state index contributed by atoms with van der Waals surface area (Å²) in [6.45, 7) is 5.44. The molecule has 0 radical (unpaired) electrons. The summed E-state index contributed by atoms with van der Waals surface area (Å²) >= 11 is 0. The first-order valence-electron chi connectivity index (χ1n) is 3.36. The summed E-state index contributed by atoms with van der Waals surface area (Å²) in [5.74, 6) is 0. The number of hydrogen-bond acceptors (Lipinski definition) is 3. The molecular weight excluding hydrogens is 156 g/mol. The van der Waals surface area contributed by atoms with Gasteiger partial charge in [0.25, 0.3) is 5.69 Å². The molecule has 0 fully saturated rings. The summed E-state index contributed by atoms with van der Waals surface area (Å²) in [6.07, 6.45) is 2.77. The van der Waals surface area contributed by atoms with E-state index in [1.807, 2.05) is 0 Å². The van der Waals surface area contributed by atoms with Gasteiger partial charge in [-0.15, -0.1) is 0 Å². The van der Waals surface area contributed by atoms with Gasteiger partial charge in [-0.3, -0.25) is 15.1 Å². The maximum absolute atomic E-state index is 10.3. The van der Waals surface area contributed by atoms with Gasteiger partial charge in [0.15, 0.2) is 0 Å². The molecule has 1 aromatic heterocycles. The quantitative estimate of drug-likeness (QED) is 0.496. The Hall–Kier alpha value is -1.71. The van der Waals surface area contributed by atoms with Crippen LogP contribution in [0.15, 0.2) is 25.0 Å². The van der Waals surface area contributed by atoms with Gasteiger partial charge in [0.1, 0.15) is 6.20 Å². The molecule has 0 aliphatic carbocycles. The third-order valence-electron chi connectivity index (χ3n) is 1.43. The molecular formula is C8H8N2O2. The SMILES string of the molecule is C=C(C)c1cncc([N+](=O)[O-])c1. The van der Waals surface area contributed by atoms with Gasteiger partial charge in [0, 0.05) is 17.8 Å². The summed E-state index contributed by atoms with van der Waals surface area (Å²) < 4.78 is 0. The van der Waals surface area contributed by atoms with Gasteiger partial charge in [-0.05, 0) is 12.5 Å². The van der Waals surface area contributed by atoms with E-state index in [9.17, 15) is 10.1 Å². The molecule has 0 saturated carbocycles. The molecule has 62 valence electrons. The normalized spacial score (nSPS) is 9.42. The topological polar surface area (TPSA) is 56.0 Å². The summed E-state index contributed by atoms with van der Waals surface area (Å²) in [6, 6.07) is 1.45. The van der Waals surface area contributed by atoms with Crippen LogP contribution < -0.4 is 0 Å². The number of nitro groups is 1. The average Bonchev–Trinajstić information content (AvgIpc) is 2.04. The van der Waals surface area contributed by atoms with Crippen molar-refractivity contribution in [2.45, 2.75) is 6.92 Å². The minimum Gasteiger partial charge on any atom is -0.258 e. The number of rotatable bonds is 2. The molecule has 1 aromatic rings. The van der Waals surface area contributed by atoms with Crippen molar-refractivity contribution in [3.05, 3.63) is 40.7 Å². The maximum Gasteiger partial charge on any atom is 0.288 e. The third-order valence-corrected chi connectivity index (χ3v) is 1.43. The first-order chi connectivity index (χ1) is 5.61. The summed E-state index contributed by atoms with van der Waals surface area (Å²) in [5, 5.41) is 10.3. The van der Waals surface area contributed by atoms with Crippen molar-refractivity contribution in [3.63, 3.8) is 0 Å². The van der Waals surface area contributed by atoms with Crippen LogP contribution in [-0.4, -0.2) is 9.91 Å². The van der Waals surface area contributed by atoms with Crippen LogP contribution >= 0.6 is 0 Å². The summed E-state index contributed by atoms with van der Waals surface area (Å²) in [5.41, 5.74) is 1.46. The van der Waals surface area contributed by atoms with Crippen molar-refractivity contribution in [1.82, 2.24) is 4.98 Å². The lowest BCUT2D eigenvalue weighted by molar-refractivity contribution is -0.385. The molecule has 0 unspecified atom stereocenters. The molecule has 0 saturated heterocycles. The zero-order chi connectivity index (χ0) is 9.14. The highest BCUT2D eigenvalue weighted by Crippen LogP contribution is 2.16. The highest BCUT2D eigenvalue weighted by molar-refractivity contribution is 5.62. The predicted octanol–water partition coefficient (Wildman–Crippen LogP) is 2.02. The fraction of sp³-hybridized carbons (Fsp3) is 0.125. The van der Waals surface area contributed by atoms with Crippen LogP contribution in [0.4, 0.5) is 5.69 Å². The minimum absolute atomic E-state index is 0.00417. The minimum atomic E-state index is -0.473. The van der Waals surface area contributed by atoms with Crippen molar-refractivity contribution < 1.29 is 4.92 Å². The van der Waals surface area contributed by atoms with E-state index in [1.54, 1.807) is 13.1 Å². The second kappa shape index (κ2) is 3.13. The fourth-order valence-electron chi connectivity index (χ4n) is 0.761. The molecule has 12 heavy (non-hydrogen) atoms. The van der Waals surface area contributed by atoms with E-state index >= 15 is 0 Å². The van der Waals surface area contributed by atoms with Crippen LogP contribution in [0, 0.1) is 10.1 Å². The van der Waals surface area contributed by atoms with Crippen molar-refractivity contribution in [2.24, 2.45) is 0 Å². The molecule has 0 aliphatic heterocycles. The zero-order valence-electron chi connectivity index (χ0n) is 6.65. The van der Waals surface area contributed by atoms with Crippen molar-refractivity contribution in [2.75, 3.05) is 0 Å². The van der Waals surface area contributed by atoms with Gasteiger partial charge in [-0.25, -0.2) is 0 Å². The molecule has 0 spiro atoms. The van der Waals surface area contributed by atoms with Crippen molar-refractivity contribution in [3.8, 4) is 0 Å². The van der Waals surface area contributed by atoms with Crippen LogP contribution in [0.3, 0.4) is 0 Å². The van der Waals surface area contributed by atoms with Crippen molar-refractivity contribution >= 4 is 11.3 Å². The smallest absolute Gasteiger partial charge is 0.258 e. The van der Waals surface area contributed by atoms with E-state index in [2.05, 4.69) is 11.6 Å². The molecule has 1 heterocycles. The lowest BCUT2D eigenvalue weighted by atomic mass is 10.1. The van der Waals surface area contributed by atoms with E-state index in [4.69, 9.17) is 0 Å². The van der Waals surface area contributed by atoms with E-state index < -0.39 is 4.92 Å². The lowest BCUT2D eigenvalue weighted by Gasteiger charge is -1.96. The van der Waals surface area contributed by atoms with Crippen LogP contribution in [0.2, 0.25) is 0 Å². The lowest BCUT2D eigenvalue weighted by Crippen LogP contribution is -1.90. The first-order valence-corrected chi connectivity index (χ1v) is 3.36. The summed E-state index contributed by atoms with van der Waals surface area (Å²) in [4.78, 5) is 13.6. The molecule has 0 aliphatic rings. The van der Waals surface area contributed by atoms with E-state index in [0.29, 0.717) is 5.56 Å². The molecule has 0 bridgehead atoms. The second-order valence-electron chi connectivity index (χ2n) is 2.47. The van der Waals surface area contributed by atoms with E-state index in [1.165, 1.54) is 12.3 Å². The molecule has 0 N–H and O–H groups in total. The van der Waals surface area contributed by atoms with Crippen LogP contribution in [0.25, 0.3) is 5.57 Å². The Morgan fingerprint density at radius 2 is 2.33 bits per heavy atom. The maximum atomic E-state index is 10.3. The Balaban J connectivity index is 3.12. The standard InChI is InChI=1S/C8H8N2O2/c1-6(2)7-3-8(10(11)12)5-9-4-7/h3-5H,1H2,2H3. The second-order valence-corrected chi connectivity index (χ2v) is 2.47. The number of allylic oxidation sites excluding steroid dienone is 1. The van der Waals surface area contributed by atoms with Crippen LogP contribution in [-0.2, 0) is 0 Å². The van der Waals surface area contributed by atoms with Crippen molar-refractivity contribution in [1.29, 1.82) is 0 Å². The Labute approximate surface area is 69.7 Å². The predicted molar refractivity (Wildman–Crippen MR) is 45.6 cm³/mol. The van der Waals surface area contributed by atoms with Gasteiger partial charge >= 0.3 is 0 Å². The number of aromatic nitrogens is 1. The Morgan fingerprint density at radius 1 is 1.67 bits per heavy atom. The van der Waals surface area contributed by atoms with Crippen LogP contribution in [0.5, 0.6) is 0 Å². The van der Waals surface area contributed by atoms with Gasteiger partial charge < -0.3 is 0 Å². The van der Waals surface area contributed by atoms with Gasteiger partial charge in [-0.1, -0.05) is 6.58 Å². The largest absolute Gasteiger partial charge is 0.288 e. The van der Waals surface area contributed by atoms with E-state index in [0.717, 1.165) is 5.57 Å². The number of nitrogens with zero attached hydrogens (tertiary/aromatic N) is 2. The highest BCUT2D eigenvalue weighted by Gasteiger charge is 2.06.